The Kier molecular flexibility index (Phi) is 3.02. The molecular weight excluding hydrogens is 220 g/mol. The average molecular weight is 233 g/mol. The molecule has 0 saturated carbocycles. The van der Waals surface area contributed by atoms with Crippen LogP contribution < -0.4 is 11.5 Å². The number of alkyl halides is 1. The molecule has 4 N–H and O–H groups in total. The lowest BCUT2D eigenvalue weighted by molar-refractivity contribution is 1.40. The van der Waals surface area contributed by atoms with E-state index in [1.807, 2.05) is 42.5 Å². The second-order valence-electron chi connectivity index (χ2n) is 3.64. The third-order valence-electron chi connectivity index (χ3n) is 2.53. The van der Waals surface area contributed by atoms with Gasteiger partial charge in [0.25, 0.3) is 0 Å². The topological polar surface area (TPSA) is 52.0 Å². The van der Waals surface area contributed by atoms with E-state index in [0.717, 1.165) is 22.4 Å². The summed E-state index contributed by atoms with van der Waals surface area (Å²) in [5.41, 5.74) is 16.2. The van der Waals surface area contributed by atoms with Crippen molar-refractivity contribution in [1.82, 2.24) is 0 Å². The molecule has 0 aliphatic carbocycles. The molecule has 0 saturated heterocycles. The number of para-hydroxylation sites is 1. The lowest BCUT2D eigenvalue weighted by Crippen LogP contribution is -1.94. The molecule has 0 radical (unpaired) electrons. The maximum atomic E-state index is 5.94. The smallest absolute Gasteiger partial charge is 0.0480 e. The highest BCUT2D eigenvalue weighted by Gasteiger charge is 2.07. The highest BCUT2D eigenvalue weighted by atomic mass is 35.5. The van der Waals surface area contributed by atoms with Crippen molar-refractivity contribution in [3.63, 3.8) is 0 Å². The van der Waals surface area contributed by atoms with Crippen LogP contribution in [-0.2, 0) is 5.88 Å². The van der Waals surface area contributed by atoms with Crippen LogP contribution in [0.4, 0.5) is 11.4 Å². The molecule has 2 nitrogen and oxygen atoms in total. The molecule has 2 rings (SSSR count). The lowest BCUT2D eigenvalue weighted by Gasteiger charge is -2.10. The van der Waals surface area contributed by atoms with E-state index in [2.05, 4.69) is 0 Å². The highest BCUT2D eigenvalue weighted by molar-refractivity contribution is 6.17. The summed E-state index contributed by atoms with van der Waals surface area (Å²) >= 11 is 5.91. The Bertz CT molecular complexity index is 509. The van der Waals surface area contributed by atoms with Gasteiger partial charge in [-0.1, -0.05) is 24.3 Å². The third-order valence-corrected chi connectivity index (χ3v) is 2.82. The normalized spacial score (nSPS) is 10.3. The number of hydrogen-bond acceptors (Lipinski definition) is 2. The zero-order chi connectivity index (χ0) is 11.5. The van der Waals surface area contributed by atoms with Crippen molar-refractivity contribution in [2.45, 2.75) is 5.88 Å². The summed E-state index contributed by atoms with van der Waals surface area (Å²) in [4.78, 5) is 0. The second-order valence-corrected chi connectivity index (χ2v) is 3.90. The molecule has 0 fully saturated rings. The number of benzene rings is 2. The van der Waals surface area contributed by atoms with Crippen molar-refractivity contribution < 1.29 is 0 Å². The molecule has 16 heavy (non-hydrogen) atoms. The number of anilines is 2. The molecule has 0 bridgehead atoms. The van der Waals surface area contributed by atoms with E-state index in [1.165, 1.54) is 0 Å². The van der Waals surface area contributed by atoms with E-state index < -0.39 is 0 Å². The summed E-state index contributed by atoms with van der Waals surface area (Å²) in [5, 5.41) is 0. The molecule has 82 valence electrons. The largest absolute Gasteiger partial charge is 0.399 e. The Labute approximate surface area is 99.8 Å². The highest BCUT2D eigenvalue weighted by Crippen LogP contribution is 2.31. The first-order valence-corrected chi connectivity index (χ1v) is 5.55. The SMILES string of the molecule is Nc1ccc(CCl)c(-c2ccccc2N)c1. The number of halogens is 1. The monoisotopic (exact) mass is 232 g/mol. The third kappa shape index (κ3) is 1.97. The number of rotatable bonds is 2. The van der Waals surface area contributed by atoms with Gasteiger partial charge in [0.1, 0.15) is 0 Å². The molecule has 0 aromatic heterocycles. The van der Waals surface area contributed by atoms with Gasteiger partial charge in [-0.25, -0.2) is 0 Å². The van der Waals surface area contributed by atoms with Gasteiger partial charge in [0.15, 0.2) is 0 Å². The summed E-state index contributed by atoms with van der Waals surface area (Å²) in [6.45, 7) is 0. The van der Waals surface area contributed by atoms with Crippen molar-refractivity contribution in [3.05, 3.63) is 48.0 Å². The molecule has 0 atom stereocenters. The van der Waals surface area contributed by atoms with Crippen LogP contribution in [0.25, 0.3) is 11.1 Å². The van der Waals surface area contributed by atoms with E-state index in [0.29, 0.717) is 11.6 Å². The van der Waals surface area contributed by atoms with Gasteiger partial charge in [-0.05, 0) is 29.3 Å². The van der Waals surface area contributed by atoms with Crippen LogP contribution in [0.5, 0.6) is 0 Å². The fourth-order valence-corrected chi connectivity index (χ4v) is 1.94. The minimum absolute atomic E-state index is 0.448. The maximum Gasteiger partial charge on any atom is 0.0480 e. The van der Waals surface area contributed by atoms with Gasteiger partial charge in [0.2, 0.25) is 0 Å². The van der Waals surface area contributed by atoms with Gasteiger partial charge in [-0.2, -0.15) is 0 Å². The van der Waals surface area contributed by atoms with Crippen LogP contribution in [0.3, 0.4) is 0 Å². The van der Waals surface area contributed by atoms with Crippen LogP contribution in [0.1, 0.15) is 5.56 Å². The minimum atomic E-state index is 0.448. The Morgan fingerprint density at radius 1 is 0.938 bits per heavy atom. The predicted octanol–water partition coefficient (Wildman–Crippen LogP) is 3.26. The van der Waals surface area contributed by atoms with Gasteiger partial charge in [-0.15, -0.1) is 11.6 Å². The first-order chi connectivity index (χ1) is 7.72. The summed E-state index contributed by atoms with van der Waals surface area (Å²) in [7, 11) is 0. The van der Waals surface area contributed by atoms with Gasteiger partial charge in [0, 0.05) is 22.8 Å². The average Bonchev–Trinajstić information content (AvgIpc) is 2.29. The van der Waals surface area contributed by atoms with Crippen LogP contribution in [0.2, 0.25) is 0 Å². The fourth-order valence-electron chi connectivity index (χ4n) is 1.70. The van der Waals surface area contributed by atoms with Gasteiger partial charge in [-0.3, -0.25) is 0 Å². The van der Waals surface area contributed by atoms with Gasteiger partial charge >= 0.3 is 0 Å². The van der Waals surface area contributed by atoms with Crippen molar-refractivity contribution in [2.24, 2.45) is 0 Å². The molecule has 2 aromatic carbocycles. The zero-order valence-corrected chi connectivity index (χ0v) is 9.54. The fraction of sp³-hybridized carbons (Fsp3) is 0.0769. The number of hydrogen-bond donors (Lipinski definition) is 2. The summed E-state index contributed by atoms with van der Waals surface area (Å²) in [6, 6.07) is 13.4. The van der Waals surface area contributed by atoms with Crippen LogP contribution in [0.15, 0.2) is 42.5 Å². The molecule has 0 unspecified atom stereocenters. The van der Waals surface area contributed by atoms with Gasteiger partial charge in [0.05, 0.1) is 0 Å². The molecule has 0 heterocycles. The van der Waals surface area contributed by atoms with Crippen molar-refractivity contribution in [3.8, 4) is 11.1 Å². The number of nitrogen functional groups attached to an aromatic ring is 2. The molecule has 0 aliphatic heterocycles. The standard InChI is InChI=1S/C13H13ClN2/c14-8-9-5-6-10(15)7-12(9)11-3-1-2-4-13(11)16/h1-7H,8,15-16H2. The summed E-state index contributed by atoms with van der Waals surface area (Å²) in [6.07, 6.45) is 0. The van der Waals surface area contributed by atoms with Crippen molar-refractivity contribution in [1.29, 1.82) is 0 Å². The zero-order valence-electron chi connectivity index (χ0n) is 8.78. The van der Waals surface area contributed by atoms with Crippen LogP contribution >= 0.6 is 11.6 Å². The van der Waals surface area contributed by atoms with Crippen LogP contribution in [-0.4, -0.2) is 0 Å². The lowest BCUT2D eigenvalue weighted by atomic mass is 9.98. The van der Waals surface area contributed by atoms with E-state index in [-0.39, 0.29) is 0 Å². The Morgan fingerprint density at radius 3 is 2.38 bits per heavy atom. The molecule has 0 aliphatic rings. The Morgan fingerprint density at radius 2 is 1.69 bits per heavy atom. The first kappa shape index (κ1) is 10.8. The summed E-state index contributed by atoms with van der Waals surface area (Å²) in [5.74, 6) is 0.448. The molecular formula is C13H13ClN2. The second kappa shape index (κ2) is 4.45. The Hall–Kier alpha value is -1.67. The van der Waals surface area contributed by atoms with E-state index in [1.54, 1.807) is 0 Å². The quantitative estimate of drug-likeness (QED) is 0.617. The molecule has 0 spiro atoms. The van der Waals surface area contributed by atoms with Crippen molar-refractivity contribution in [2.75, 3.05) is 11.5 Å². The number of nitrogens with two attached hydrogens (primary N) is 2. The minimum Gasteiger partial charge on any atom is -0.399 e. The van der Waals surface area contributed by atoms with E-state index in [4.69, 9.17) is 23.1 Å². The first-order valence-electron chi connectivity index (χ1n) is 5.01. The predicted molar refractivity (Wildman–Crippen MR) is 70.3 cm³/mol. The summed E-state index contributed by atoms with van der Waals surface area (Å²) < 4.78 is 0. The molecule has 3 heteroatoms. The molecule has 0 amide bonds. The Balaban J connectivity index is 2.63. The van der Waals surface area contributed by atoms with E-state index in [9.17, 15) is 0 Å². The van der Waals surface area contributed by atoms with Gasteiger partial charge < -0.3 is 11.5 Å². The van der Waals surface area contributed by atoms with Crippen LogP contribution in [0, 0.1) is 0 Å². The molecule has 2 aromatic rings. The van der Waals surface area contributed by atoms with Crippen molar-refractivity contribution >= 4 is 23.0 Å². The maximum absolute atomic E-state index is 5.94. The van der Waals surface area contributed by atoms with E-state index >= 15 is 0 Å².